The van der Waals surface area contributed by atoms with E-state index in [0.717, 1.165) is 17.0 Å². The molecule has 0 spiro atoms. The summed E-state index contributed by atoms with van der Waals surface area (Å²) < 4.78 is 13.7. The molecule has 0 aliphatic rings. The van der Waals surface area contributed by atoms with Gasteiger partial charge in [-0.2, -0.15) is 0 Å². The molecule has 0 amide bonds. The minimum absolute atomic E-state index is 0.127. The second-order valence-electron chi connectivity index (χ2n) is 4.77. The third-order valence-corrected chi connectivity index (χ3v) is 4.03. The lowest BCUT2D eigenvalue weighted by atomic mass is 10.1. The number of benzene rings is 2. The van der Waals surface area contributed by atoms with Crippen LogP contribution < -0.4 is 5.32 Å². The minimum atomic E-state index is -0.127. The van der Waals surface area contributed by atoms with Gasteiger partial charge in [0, 0.05) is 16.6 Å². The van der Waals surface area contributed by atoms with Crippen molar-refractivity contribution in [1.82, 2.24) is 0 Å². The number of anilines is 1. The molecule has 0 heterocycles. The van der Waals surface area contributed by atoms with Gasteiger partial charge in [0.05, 0.1) is 0 Å². The third-order valence-electron chi connectivity index (χ3n) is 3.07. The van der Waals surface area contributed by atoms with Crippen LogP contribution in [0.2, 0.25) is 0 Å². The maximum atomic E-state index is 13.7. The molecule has 1 unspecified atom stereocenters. The zero-order chi connectivity index (χ0) is 14.4. The number of thioether (sulfide) groups is 1. The first-order valence-electron chi connectivity index (χ1n) is 6.92. The first kappa shape index (κ1) is 14.9. The number of hydrogen-bond donors (Lipinski definition) is 1. The first-order valence-corrected chi connectivity index (χ1v) is 7.91. The predicted molar refractivity (Wildman–Crippen MR) is 86.0 cm³/mol. The van der Waals surface area contributed by atoms with Gasteiger partial charge in [0.1, 0.15) is 5.82 Å². The van der Waals surface area contributed by atoms with Gasteiger partial charge in [-0.3, -0.25) is 0 Å². The summed E-state index contributed by atoms with van der Waals surface area (Å²) >= 11 is 1.82. The summed E-state index contributed by atoms with van der Waals surface area (Å²) in [5.41, 5.74) is 1.89. The molecule has 0 saturated carbocycles. The van der Waals surface area contributed by atoms with Gasteiger partial charge in [-0.05, 0) is 42.9 Å². The lowest BCUT2D eigenvalue weighted by Crippen LogP contribution is -2.19. The van der Waals surface area contributed by atoms with E-state index >= 15 is 0 Å². The molecule has 0 fully saturated rings. The number of para-hydroxylation sites is 1. The Labute approximate surface area is 124 Å². The molecule has 1 nitrogen and oxygen atoms in total. The molecule has 2 rings (SSSR count). The van der Waals surface area contributed by atoms with Crippen molar-refractivity contribution in [3.63, 3.8) is 0 Å². The van der Waals surface area contributed by atoms with E-state index in [4.69, 9.17) is 0 Å². The summed E-state index contributed by atoms with van der Waals surface area (Å²) in [4.78, 5) is 1.25. The fourth-order valence-corrected chi connectivity index (χ4v) is 2.95. The van der Waals surface area contributed by atoms with E-state index in [0.29, 0.717) is 6.42 Å². The van der Waals surface area contributed by atoms with E-state index in [2.05, 4.69) is 31.3 Å². The quantitative estimate of drug-likeness (QED) is 0.753. The van der Waals surface area contributed by atoms with E-state index in [1.807, 2.05) is 36.0 Å². The van der Waals surface area contributed by atoms with Gasteiger partial charge in [0.25, 0.3) is 0 Å². The maximum Gasteiger partial charge on any atom is 0.126 e. The molecule has 0 aromatic heterocycles. The maximum absolute atomic E-state index is 13.7. The van der Waals surface area contributed by atoms with Crippen molar-refractivity contribution in [2.75, 3.05) is 11.1 Å². The summed E-state index contributed by atoms with van der Waals surface area (Å²) in [6.45, 7) is 4.23. The smallest absolute Gasteiger partial charge is 0.126 e. The number of nitrogens with one attached hydrogen (secondary N) is 1. The number of rotatable bonds is 6. The fraction of sp³-hybridized carbons (Fsp3) is 0.294. The molecule has 1 N–H and O–H groups in total. The van der Waals surface area contributed by atoms with E-state index < -0.39 is 0 Å². The van der Waals surface area contributed by atoms with Gasteiger partial charge in [0.2, 0.25) is 0 Å². The average Bonchev–Trinajstić information content (AvgIpc) is 2.44. The highest BCUT2D eigenvalue weighted by Crippen LogP contribution is 2.27. The Bertz CT molecular complexity index is 556. The van der Waals surface area contributed by atoms with Crippen LogP contribution in [0.25, 0.3) is 0 Å². The Morgan fingerprint density at radius 1 is 1.10 bits per heavy atom. The van der Waals surface area contributed by atoms with Gasteiger partial charge < -0.3 is 5.32 Å². The molecule has 1 atom stereocenters. The highest BCUT2D eigenvalue weighted by atomic mass is 32.2. The van der Waals surface area contributed by atoms with Crippen molar-refractivity contribution >= 4 is 17.4 Å². The molecule has 20 heavy (non-hydrogen) atoms. The topological polar surface area (TPSA) is 12.0 Å². The van der Waals surface area contributed by atoms with Gasteiger partial charge >= 0.3 is 0 Å². The van der Waals surface area contributed by atoms with Gasteiger partial charge in [-0.15, -0.1) is 11.8 Å². The highest BCUT2D eigenvalue weighted by molar-refractivity contribution is 7.99. The highest BCUT2D eigenvalue weighted by Gasteiger charge is 2.09. The van der Waals surface area contributed by atoms with E-state index in [9.17, 15) is 4.39 Å². The number of hydrogen-bond acceptors (Lipinski definition) is 2. The average molecular weight is 289 g/mol. The molecule has 0 radical (unpaired) electrons. The lowest BCUT2D eigenvalue weighted by molar-refractivity contribution is 0.601. The van der Waals surface area contributed by atoms with Crippen LogP contribution in [0.5, 0.6) is 0 Å². The van der Waals surface area contributed by atoms with Crippen LogP contribution in [-0.2, 0) is 6.42 Å². The second kappa shape index (κ2) is 7.34. The Morgan fingerprint density at radius 3 is 2.55 bits per heavy atom. The molecule has 2 aromatic carbocycles. The molecule has 0 aliphatic heterocycles. The van der Waals surface area contributed by atoms with Crippen molar-refractivity contribution in [1.29, 1.82) is 0 Å². The lowest BCUT2D eigenvalue weighted by Gasteiger charge is -2.18. The molecule has 0 saturated heterocycles. The summed E-state index contributed by atoms with van der Waals surface area (Å²) in [5, 5.41) is 3.48. The largest absolute Gasteiger partial charge is 0.381 e. The van der Waals surface area contributed by atoms with Crippen LogP contribution in [0.1, 0.15) is 19.4 Å². The van der Waals surface area contributed by atoms with Gasteiger partial charge in [-0.1, -0.05) is 37.3 Å². The molecular formula is C17H20FNS. The van der Waals surface area contributed by atoms with Crippen LogP contribution in [-0.4, -0.2) is 11.8 Å². The molecule has 0 aliphatic carbocycles. The van der Waals surface area contributed by atoms with Crippen LogP contribution in [0.15, 0.2) is 53.4 Å². The fourth-order valence-electron chi connectivity index (χ4n) is 2.18. The Morgan fingerprint density at radius 2 is 1.80 bits per heavy atom. The molecular weight excluding hydrogens is 269 g/mol. The Balaban J connectivity index is 2.05. The van der Waals surface area contributed by atoms with E-state index in [-0.39, 0.29) is 11.9 Å². The monoisotopic (exact) mass is 289 g/mol. The zero-order valence-electron chi connectivity index (χ0n) is 11.9. The summed E-state index contributed by atoms with van der Waals surface area (Å²) in [6, 6.07) is 15.4. The predicted octanol–water partition coefficient (Wildman–Crippen LogP) is 4.98. The van der Waals surface area contributed by atoms with Crippen LogP contribution in [0.3, 0.4) is 0 Å². The van der Waals surface area contributed by atoms with Gasteiger partial charge in [-0.25, -0.2) is 4.39 Å². The van der Waals surface area contributed by atoms with E-state index in [1.54, 1.807) is 6.07 Å². The summed E-state index contributed by atoms with van der Waals surface area (Å²) in [6.07, 6.45) is 0.678. The standard InChI is InChI=1S/C17H20FNS/c1-3-20-17-11-7-6-10-16(17)19-13(2)12-14-8-4-5-9-15(14)18/h4-11,13,19H,3,12H2,1-2H3. The van der Waals surface area contributed by atoms with Crippen molar-refractivity contribution in [3.8, 4) is 0 Å². The van der Waals surface area contributed by atoms with Crippen molar-refractivity contribution in [2.24, 2.45) is 0 Å². The molecule has 106 valence electrons. The van der Waals surface area contributed by atoms with Crippen LogP contribution in [0, 0.1) is 5.82 Å². The summed E-state index contributed by atoms with van der Waals surface area (Å²) in [7, 11) is 0. The van der Waals surface area contributed by atoms with Crippen molar-refractivity contribution in [3.05, 3.63) is 59.9 Å². The van der Waals surface area contributed by atoms with E-state index in [1.165, 1.54) is 11.0 Å². The molecule has 0 bridgehead atoms. The zero-order valence-corrected chi connectivity index (χ0v) is 12.7. The van der Waals surface area contributed by atoms with Crippen molar-refractivity contribution < 1.29 is 4.39 Å². The first-order chi connectivity index (χ1) is 9.70. The van der Waals surface area contributed by atoms with Crippen LogP contribution >= 0.6 is 11.8 Å². The SMILES string of the molecule is CCSc1ccccc1NC(C)Cc1ccccc1F. The molecule has 2 aromatic rings. The normalized spacial score (nSPS) is 12.2. The second-order valence-corrected chi connectivity index (χ2v) is 6.08. The van der Waals surface area contributed by atoms with Crippen LogP contribution in [0.4, 0.5) is 10.1 Å². The Kier molecular flexibility index (Phi) is 5.48. The van der Waals surface area contributed by atoms with Gasteiger partial charge in [0.15, 0.2) is 0 Å². The van der Waals surface area contributed by atoms with Crippen molar-refractivity contribution in [2.45, 2.75) is 31.2 Å². The number of halogens is 1. The molecule has 3 heteroatoms. The summed E-state index contributed by atoms with van der Waals surface area (Å²) in [5.74, 6) is 0.915. The third kappa shape index (κ3) is 4.01. The Hall–Kier alpha value is -1.48. The minimum Gasteiger partial charge on any atom is -0.381 e.